The Hall–Kier alpha value is -3.18. The summed E-state index contributed by atoms with van der Waals surface area (Å²) >= 11 is 0. The Morgan fingerprint density at radius 1 is 1.07 bits per heavy atom. The maximum atomic E-state index is 13.3. The van der Waals surface area contributed by atoms with E-state index in [1.165, 1.54) is 0 Å². The van der Waals surface area contributed by atoms with E-state index in [4.69, 9.17) is 9.47 Å². The molecule has 5 nitrogen and oxygen atoms in total. The minimum Gasteiger partial charge on any atom is -0.488 e. The minimum absolute atomic E-state index is 0.00215. The van der Waals surface area contributed by atoms with Crippen LogP contribution in [0.2, 0.25) is 0 Å². The molecule has 1 fully saturated rings. The normalized spacial score (nSPS) is 15.7. The summed E-state index contributed by atoms with van der Waals surface area (Å²) < 4.78 is 11.4. The van der Waals surface area contributed by atoms with Crippen LogP contribution in [0.5, 0.6) is 5.75 Å². The monoisotopic (exact) mass is 402 g/mol. The number of aryl methyl sites for hydroxylation is 1. The molecule has 2 heterocycles. The predicted octanol–water partition coefficient (Wildman–Crippen LogP) is 4.40. The van der Waals surface area contributed by atoms with Crippen LogP contribution in [0, 0.1) is 6.92 Å². The third-order valence-corrected chi connectivity index (χ3v) is 5.17. The van der Waals surface area contributed by atoms with Crippen LogP contribution in [0.3, 0.4) is 0 Å². The maximum Gasteiger partial charge on any atom is 0.254 e. The molecular formula is C25H26N2O3. The number of pyridine rings is 1. The van der Waals surface area contributed by atoms with Crippen molar-refractivity contribution in [2.24, 2.45) is 0 Å². The number of carbonyl (C=O) groups excluding carboxylic acids is 1. The van der Waals surface area contributed by atoms with Gasteiger partial charge in [0, 0.05) is 37.5 Å². The summed E-state index contributed by atoms with van der Waals surface area (Å²) in [5.74, 6) is 0.817. The summed E-state index contributed by atoms with van der Waals surface area (Å²) in [6, 6.07) is 19.6. The van der Waals surface area contributed by atoms with Gasteiger partial charge in [0.1, 0.15) is 11.9 Å². The van der Waals surface area contributed by atoms with Crippen molar-refractivity contribution in [3.63, 3.8) is 0 Å². The molecule has 0 saturated carbocycles. The van der Waals surface area contributed by atoms with E-state index < -0.39 is 0 Å². The van der Waals surface area contributed by atoms with Crippen LogP contribution in [0.1, 0.15) is 33.5 Å². The molecule has 1 saturated heterocycles. The number of ether oxygens (including phenoxy) is 2. The molecule has 1 atom stereocenters. The fourth-order valence-electron chi connectivity index (χ4n) is 3.52. The highest BCUT2D eigenvalue weighted by molar-refractivity contribution is 5.94. The second-order valence-electron chi connectivity index (χ2n) is 7.63. The van der Waals surface area contributed by atoms with E-state index in [-0.39, 0.29) is 12.0 Å². The molecule has 1 aliphatic heterocycles. The molecule has 0 radical (unpaired) electrons. The highest BCUT2D eigenvalue weighted by Gasteiger charge is 2.19. The molecule has 0 aliphatic carbocycles. The lowest BCUT2D eigenvalue weighted by Gasteiger charge is -2.24. The van der Waals surface area contributed by atoms with Gasteiger partial charge in [-0.05, 0) is 54.4 Å². The highest BCUT2D eigenvalue weighted by atomic mass is 16.5. The van der Waals surface area contributed by atoms with Gasteiger partial charge < -0.3 is 14.4 Å². The lowest BCUT2D eigenvalue weighted by molar-refractivity contribution is 0.0729. The standard InChI is InChI=1S/C25H26N2O3/c1-19-5-7-22(8-6-19)25(28)27(16-20-9-12-26-13-10-20)17-21-3-2-4-23(15-21)30-24-11-14-29-18-24/h2-10,12-13,15,24H,11,14,16-18H2,1H3/t24-/m0/s1. The first kappa shape index (κ1) is 20.1. The average molecular weight is 402 g/mol. The Morgan fingerprint density at radius 3 is 2.57 bits per heavy atom. The number of amides is 1. The van der Waals surface area contributed by atoms with Crippen molar-refractivity contribution >= 4 is 5.91 Å². The highest BCUT2D eigenvalue weighted by Crippen LogP contribution is 2.21. The SMILES string of the molecule is Cc1ccc(C(=O)N(Cc2ccncc2)Cc2cccc(O[C@H]3CCOC3)c2)cc1. The van der Waals surface area contributed by atoms with E-state index in [0.717, 1.165) is 35.5 Å². The van der Waals surface area contributed by atoms with Gasteiger partial charge >= 0.3 is 0 Å². The van der Waals surface area contributed by atoms with E-state index >= 15 is 0 Å². The van der Waals surface area contributed by atoms with Gasteiger partial charge in [0.15, 0.2) is 0 Å². The first-order chi connectivity index (χ1) is 14.7. The van der Waals surface area contributed by atoms with Gasteiger partial charge in [-0.1, -0.05) is 29.8 Å². The van der Waals surface area contributed by atoms with Gasteiger partial charge in [0.05, 0.1) is 13.2 Å². The number of nitrogens with zero attached hydrogens (tertiary/aromatic N) is 2. The summed E-state index contributed by atoms with van der Waals surface area (Å²) in [5, 5.41) is 0. The minimum atomic E-state index is 0.00215. The molecule has 2 aromatic carbocycles. The molecule has 30 heavy (non-hydrogen) atoms. The molecule has 154 valence electrons. The lowest BCUT2D eigenvalue weighted by atomic mass is 10.1. The smallest absolute Gasteiger partial charge is 0.254 e. The molecule has 1 aromatic heterocycles. The topological polar surface area (TPSA) is 51.7 Å². The van der Waals surface area contributed by atoms with Crippen LogP contribution in [-0.4, -0.2) is 35.1 Å². The first-order valence-corrected chi connectivity index (χ1v) is 10.3. The molecule has 0 spiro atoms. The average Bonchev–Trinajstić information content (AvgIpc) is 3.27. The molecule has 4 rings (SSSR count). The van der Waals surface area contributed by atoms with E-state index in [1.807, 2.05) is 72.5 Å². The fraction of sp³-hybridized carbons (Fsp3) is 0.280. The Kier molecular flexibility index (Phi) is 6.40. The Morgan fingerprint density at radius 2 is 1.83 bits per heavy atom. The van der Waals surface area contributed by atoms with Gasteiger partial charge in [0.25, 0.3) is 5.91 Å². The summed E-state index contributed by atoms with van der Waals surface area (Å²) in [4.78, 5) is 19.2. The van der Waals surface area contributed by atoms with Crippen LogP contribution in [0.15, 0.2) is 73.1 Å². The summed E-state index contributed by atoms with van der Waals surface area (Å²) in [5.41, 5.74) is 3.89. The van der Waals surface area contributed by atoms with Crippen LogP contribution >= 0.6 is 0 Å². The van der Waals surface area contributed by atoms with Crippen molar-refractivity contribution in [1.82, 2.24) is 9.88 Å². The van der Waals surface area contributed by atoms with Crippen LogP contribution in [0.25, 0.3) is 0 Å². The second kappa shape index (κ2) is 9.55. The molecule has 0 N–H and O–H groups in total. The van der Waals surface area contributed by atoms with E-state index in [0.29, 0.717) is 25.3 Å². The fourth-order valence-corrected chi connectivity index (χ4v) is 3.52. The van der Waals surface area contributed by atoms with Crippen molar-refractivity contribution in [3.8, 4) is 5.75 Å². The Labute approximate surface area is 177 Å². The van der Waals surface area contributed by atoms with Gasteiger partial charge in [-0.3, -0.25) is 9.78 Å². The number of rotatable bonds is 7. The van der Waals surface area contributed by atoms with Crippen molar-refractivity contribution in [2.45, 2.75) is 32.5 Å². The maximum absolute atomic E-state index is 13.3. The first-order valence-electron chi connectivity index (χ1n) is 10.3. The van der Waals surface area contributed by atoms with Gasteiger partial charge in [-0.2, -0.15) is 0 Å². The predicted molar refractivity (Wildman–Crippen MR) is 115 cm³/mol. The third kappa shape index (κ3) is 5.24. The zero-order chi connectivity index (χ0) is 20.8. The zero-order valence-corrected chi connectivity index (χ0v) is 17.2. The van der Waals surface area contributed by atoms with Gasteiger partial charge in [-0.15, -0.1) is 0 Å². The van der Waals surface area contributed by atoms with E-state index in [2.05, 4.69) is 4.98 Å². The van der Waals surface area contributed by atoms with E-state index in [9.17, 15) is 4.79 Å². The Balaban J connectivity index is 1.54. The molecule has 0 unspecified atom stereocenters. The number of benzene rings is 2. The summed E-state index contributed by atoms with van der Waals surface area (Å²) in [7, 11) is 0. The number of hydrogen-bond acceptors (Lipinski definition) is 4. The van der Waals surface area contributed by atoms with Crippen molar-refractivity contribution in [3.05, 3.63) is 95.3 Å². The summed E-state index contributed by atoms with van der Waals surface area (Å²) in [6.45, 7) is 4.40. The van der Waals surface area contributed by atoms with Gasteiger partial charge in [0.2, 0.25) is 0 Å². The molecule has 3 aromatic rings. The summed E-state index contributed by atoms with van der Waals surface area (Å²) in [6.07, 6.45) is 4.51. The third-order valence-electron chi connectivity index (χ3n) is 5.17. The second-order valence-corrected chi connectivity index (χ2v) is 7.63. The molecule has 5 heteroatoms. The Bertz CT molecular complexity index is 967. The molecule has 0 bridgehead atoms. The van der Waals surface area contributed by atoms with Crippen molar-refractivity contribution in [2.75, 3.05) is 13.2 Å². The zero-order valence-electron chi connectivity index (χ0n) is 17.2. The molecular weight excluding hydrogens is 376 g/mol. The lowest BCUT2D eigenvalue weighted by Crippen LogP contribution is -2.30. The van der Waals surface area contributed by atoms with E-state index in [1.54, 1.807) is 12.4 Å². The van der Waals surface area contributed by atoms with Gasteiger partial charge in [-0.25, -0.2) is 0 Å². The molecule has 1 aliphatic rings. The molecule has 1 amide bonds. The van der Waals surface area contributed by atoms with Crippen molar-refractivity contribution in [1.29, 1.82) is 0 Å². The number of hydrogen-bond donors (Lipinski definition) is 0. The number of carbonyl (C=O) groups is 1. The van der Waals surface area contributed by atoms with Crippen LogP contribution in [0.4, 0.5) is 0 Å². The van der Waals surface area contributed by atoms with Crippen LogP contribution < -0.4 is 4.74 Å². The van der Waals surface area contributed by atoms with Crippen molar-refractivity contribution < 1.29 is 14.3 Å². The number of aromatic nitrogens is 1. The van der Waals surface area contributed by atoms with Crippen LogP contribution in [-0.2, 0) is 17.8 Å². The largest absolute Gasteiger partial charge is 0.488 e. The quantitative estimate of drug-likeness (QED) is 0.588.